The standard InChI is InChI=1S/C14H20ClN3O2S/c1-17-8-10-18(11-9-17)21(19,20)16-14(6-7-14)12-2-4-13(15)5-3-12/h2-5,16H,6-11H2,1H3. The predicted molar refractivity (Wildman–Crippen MR) is 83.5 cm³/mol. The number of hydrogen-bond donors (Lipinski definition) is 1. The van der Waals surface area contributed by atoms with Crippen molar-refractivity contribution >= 4 is 21.8 Å². The van der Waals surface area contributed by atoms with Crippen LogP contribution in [0.5, 0.6) is 0 Å². The van der Waals surface area contributed by atoms with Gasteiger partial charge in [-0.25, -0.2) is 0 Å². The Kier molecular flexibility index (Phi) is 4.00. The number of halogens is 1. The van der Waals surface area contributed by atoms with E-state index in [0.717, 1.165) is 31.5 Å². The van der Waals surface area contributed by atoms with E-state index in [9.17, 15) is 8.42 Å². The second-order valence-corrected chi connectivity index (χ2v) is 8.01. The molecule has 1 aliphatic heterocycles. The molecule has 1 saturated carbocycles. The van der Waals surface area contributed by atoms with Crippen molar-refractivity contribution in [2.45, 2.75) is 18.4 Å². The first kappa shape index (κ1) is 15.2. The molecule has 21 heavy (non-hydrogen) atoms. The summed E-state index contributed by atoms with van der Waals surface area (Å²) in [4.78, 5) is 2.14. The maximum Gasteiger partial charge on any atom is 0.280 e. The molecule has 0 spiro atoms. The van der Waals surface area contributed by atoms with Gasteiger partial charge < -0.3 is 4.90 Å². The lowest BCUT2D eigenvalue weighted by Gasteiger charge is -2.33. The maximum atomic E-state index is 12.6. The smallest absolute Gasteiger partial charge is 0.280 e. The van der Waals surface area contributed by atoms with E-state index in [0.29, 0.717) is 18.1 Å². The molecule has 0 amide bonds. The van der Waals surface area contributed by atoms with Crippen LogP contribution in [0.25, 0.3) is 0 Å². The van der Waals surface area contributed by atoms with Crippen molar-refractivity contribution in [3.05, 3.63) is 34.9 Å². The minimum absolute atomic E-state index is 0.438. The van der Waals surface area contributed by atoms with Gasteiger partial charge in [-0.3, -0.25) is 0 Å². The summed E-state index contributed by atoms with van der Waals surface area (Å²) in [7, 11) is -1.43. The summed E-state index contributed by atoms with van der Waals surface area (Å²) in [6.07, 6.45) is 1.67. The Morgan fingerprint density at radius 2 is 1.67 bits per heavy atom. The second-order valence-electron chi connectivity index (χ2n) is 5.90. The highest BCUT2D eigenvalue weighted by Gasteiger charge is 2.48. The van der Waals surface area contributed by atoms with Crippen LogP contribution in [0, 0.1) is 0 Å². The molecule has 2 aliphatic rings. The number of hydrogen-bond acceptors (Lipinski definition) is 3. The van der Waals surface area contributed by atoms with Gasteiger partial charge in [0, 0.05) is 31.2 Å². The summed E-state index contributed by atoms with van der Waals surface area (Å²) < 4.78 is 29.6. The third-order valence-corrected chi connectivity index (χ3v) is 6.22. The molecule has 3 rings (SSSR count). The zero-order chi connectivity index (χ0) is 15.1. The largest absolute Gasteiger partial charge is 0.304 e. The monoisotopic (exact) mass is 329 g/mol. The fourth-order valence-corrected chi connectivity index (χ4v) is 4.40. The van der Waals surface area contributed by atoms with Crippen molar-refractivity contribution in [2.75, 3.05) is 33.2 Å². The number of nitrogens with one attached hydrogen (secondary N) is 1. The van der Waals surface area contributed by atoms with Crippen molar-refractivity contribution < 1.29 is 8.42 Å². The van der Waals surface area contributed by atoms with E-state index in [1.54, 1.807) is 16.4 Å². The summed E-state index contributed by atoms with van der Waals surface area (Å²) in [6.45, 7) is 2.63. The SMILES string of the molecule is CN1CCN(S(=O)(=O)NC2(c3ccc(Cl)cc3)CC2)CC1. The molecule has 1 saturated heterocycles. The van der Waals surface area contributed by atoms with Crippen LogP contribution in [0.1, 0.15) is 18.4 Å². The van der Waals surface area contributed by atoms with Crippen molar-refractivity contribution in [3.8, 4) is 0 Å². The molecule has 2 fully saturated rings. The fraction of sp³-hybridized carbons (Fsp3) is 0.571. The van der Waals surface area contributed by atoms with Gasteiger partial charge >= 0.3 is 0 Å². The van der Waals surface area contributed by atoms with E-state index < -0.39 is 15.7 Å². The number of likely N-dealkylation sites (N-methyl/N-ethyl adjacent to an activating group) is 1. The number of rotatable bonds is 4. The van der Waals surface area contributed by atoms with Gasteiger partial charge in [0.05, 0.1) is 5.54 Å². The minimum Gasteiger partial charge on any atom is -0.304 e. The van der Waals surface area contributed by atoms with Gasteiger partial charge in [0.2, 0.25) is 0 Å². The Morgan fingerprint density at radius 1 is 1.10 bits per heavy atom. The first-order valence-corrected chi connectivity index (χ1v) is 8.97. The normalized spacial score (nSPS) is 23.1. The third-order valence-electron chi connectivity index (χ3n) is 4.27. The van der Waals surface area contributed by atoms with Crippen LogP contribution < -0.4 is 4.72 Å². The van der Waals surface area contributed by atoms with E-state index in [-0.39, 0.29) is 0 Å². The molecule has 0 unspecified atom stereocenters. The average molecular weight is 330 g/mol. The topological polar surface area (TPSA) is 52.7 Å². The van der Waals surface area contributed by atoms with Crippen molar-refractivity contribution in [3.63, 3.8) is 0 Å². The molecular weight excluding hydrogens is 310 g/mol. The number of benzene rings is 1. The summed E-state index contributed by atoms with van der Waals surface area (Å²) in [5.74, 6) is 0. The average Bonchev–Trinajstić information content (AvgIpc) is 3.20. The van der Waals surface area contributed by atoms with E-state index in [4.69, 9.17) is 11.6 Å². The summed E-state index contributed by atoms with van der Waals surface area (Å²) >= 11 is 5.90. The van der Waals surface area contributed by atoms with Gasteiger partial charge in [-0.05, 0) is 37.6 Å². The highest BCUT2D eigenvalue weighted by molar-refractivity contribution is 7.87. The first-order valence-electron chi connectivity index (χ1n) is 7.15. The van der Waals surface area contributed by atoms with Crippen LogP contribution in [0.4, 0.5) is 0 Å². The lowest BCUT2D eigenvalue weighted by Crippen LogP contribution is -2.52. The Hall–Kier alpha value is -0.660. The van der Waals surface area contributed by atoms with Gasteiger partial charge in [0.25, 0.3) is 10.2 Å². The molecule has 5 nitrogen and oxygen atoms in total. The molecule has 116 valence electrons. The zero-order valence-corrected chi connectivity index (χ0v) is 13.6. The predicted octanol–water partition coefficient (Wildman–Crippen LogP) is 1.41. The molecular formula is C14H20ClN3O2S. The fourth-order valence-electron chi connectivity index (χ4n) is 2.68. The number of piperazine rings is 1. The zero-order valence-electron chi connectivity index (χ0n) is 12.0. The molecule has 0 bridgehead atoms. The van der Waals surface area contributed by atoms with Crippen LogP contribution in [-0.2, 0) is 15.7 Å². The molecule has 1 N–H and O–H groups in total. The van der Waals surface area contributed by atoms with E-state index in [1.807, 2.05) is 19.2 Å². The summed E-state index contributed by atoms with van der Waals surface area (Å²) in [5.41, 5.74) is 0.553. The quantitative estimate of drug-likeness (QED) is 0.908. The summed E-state index contributed by atoms with van der Waals surface area (Å²) in [5, 5.41) is 0.663. The third kappa shape index (κ3) is 3.24. The van der Waals surface area contributed by atoms with Crippen LogP contribution in [0.3, 0.4) is 0 Å². The molecule has 7 heteroatoms. The Bertz CT molecular complexity index is 606. The minimum atomic E-state index is -3.44. The van der Waals surface area contributed by atoms with Gasteiger partial charge in [-0.2, -0.15) is 17.4 Å². The highest BCUT2D eigenvalue weighted by atomic mass is 35.5. The Balaban J connectivity index is 1.74. The molecule has 1 heterocycles. The Labute approximate surface area is 131 Å². The highest BCUT2D eigenvalue weighted by Crippen LogP contribution is 2.46. The van der Waals surface area contributed by atoms with Crippen LogP contribution in [-0.4, -0.2) is 50.8 Å². The van der Waals surface area contributed by atoms with Crippen LogP contribution in [0.15, 0.2) is 24.3 Å². The molecule has 0 atom stereocenters. The molecule has 0 aromatic heterocycles. The van der Waals surface area contributed by atoms with Crippen molar-refractivity contribution in [1.82, 2.24) is 13.9 Å². The maximum absolute atomic E-state index is 12.6. The van der Waals surface area contributed by atoms with Gasteiger partial charge in [-0.15, -0.1) is 0 Å². The first-order chi connectivity index (χ1) is 9.91. The summed E-state index contributed by atoms with van der Waals surface area (Å²) in [6, 6.07) is 7.42. The molecule has 1 aliphatic carbocycles. The van der Waals surface area contributed by atoms with Gasteiger partial charge in [0.15, 0.2) is 0 Å². The van der Waals surface area contributed by atoms with E-state index in [2.05, 4.69) is 9.62 Å². The van der Waals surface area contributed by atoms with Gasteiger partial charge in [-0.1, -0.05) is 23.7 Å². The lowest BCUT2D eigenvalue weighted by molar-refractivity contribution is 0.220. The molecule has 1 aromatic carbocycles. The second kappa shape index (κ2) is 5.52. The van der Waals surface area contributed by atoms with Crippen molar-refractivity contribution in [2.24, 2.45) is 0 Å². The van der Waals surface area contributed by atoms with Crippen LogP contribution >= 0.6 is 11.6 Å². The van der Waals surface area contributed by atoms with Crippen LogP contribution in [0.2, 0.25) is 5.02 Å². The number of nitrogens with zero attached hydrogens (tertiary/aromatic N) is 2. The van der Waals surface area contributed by atoms with Crippen molar-refractivity contribution in [1.29, 1.82) is 0 Å². The lowest BCUT2D eigenvalue weighted by atomic mass is 10.1. The van der Waals surface area contributed by atoms with E-state index >= 15 is 0 Å². The van der Waals surface area contributed by atoms with E-state index in [1.165, 1.54) is 0 Å². The molecule has 0 radical (unpaired) electrons. The Morgan fingerprint density at radius 3 is 2.19 bits per heavy atom. The van der Waals surface area contributed by atoms with Gasteiger partial charge in [0.1, 0.15) is 0 Å². The molecule has 1 aromatic rings.